The maximum Gasteiger partial charge on any atom is 0.234 e. The molecule has 19 heavy (non-hydrogen) atoms. The maximum atomic E-state index is 11.9. The predicted octanol–water partition coefficient (Wildman–Crippen LogP) is 1.36. The van der Waals surface area contributed by atoms with E-state index >= 15 is 0 Å². The van der Waals surface area contributed by atoms with Crippen molar-refractivity contribution in [2.75, 3.05) is 19.6 Å². The van der Waals surface area contributed by atoms with Crippen molar-refractivity contribution in [3.63, 3.8) is 0 Å². The monoisotopic (exact) mass is 267 g/mol. The highest BCUT2D eigenvalue weighted by atomic mass is 16.2. The minimum atomic E-state index is 0.135. The molecule has 4 heteroatoms. The van der Waals surface area contributed by atoms with Crippen LogP contribution in [-0.4, -0.2) is 48.6 Å². The van der Waals surface area contributed by atoms with Gasteiger partial charge in [-0.05, 0) is 38.6 Å². The summed E-state index contributed by atoms with van der Waals surface area (Å²) in [5.74, 6) is 0.625. The van der Waals surface area contributed by atoms with Crippen LogP contribution in [0.15, 0.2) is 0 Å². The second-order valence-electron chi connectivity index (χ2n) is 6.48. The molecule has 2 aliphatic rings. The van der Waals surface area contributed by atoms with E-state index < -0.39 is 0 Å². The normalized spacial score (nSPS) is 29.3. The lowest BCUT2D eigenvalue weighted by Gasteiger charge is -2.32. The molecule has 0 bridgehead atoms. The van der Waals surface area contributed by atoms with Crippen molar-refractivity contribution in [1.82, 2.24) is 15.5 Å². The number of amides is 1. The summed E-state index contributed by atoms with van der Waals surface area (Å²) >= 11 is 0. The average molecular weight is 267 g/mol. The highest BCUT2D eigenvalue weighted by Crippen LogP contribution is 2.26. The molecule has 2 rings (SSSR count). The Morgan fingerprint density at radius 2 is 2.00 bits per heavy atom. The van der Waals surface area contributed by atoms with E-state index in [1.807, 2.05) is 0 Å². The summed E-state index contributed by atoms with van der Waals surface area (Å²) in [6, 6.07) is 1.44. The van der Waals surface area contributed by atoms with Gasteiger partial charge in [0.05, 0.1) is 6.54 Å². The topological polar surface area (TPSA) is 44.4 Å². The van der Waals surface area contributed by atoms with Crippen LogP contribution in [0.5, 0.6) is 0 Å². The summed E-state index contributed by atoms with van der Waals surface area (Å²) in [4.78, 5) is 14.5. The van der Waals surface area contributed by atoms with Gasteiger partial charge in [0.1, 0.15) is 0 Å². The molecular weight excluding hydrogens is 238 g/mol. The largest absolute Gasteiger partial charge is 0.352 e. The van der Waals surface area contributed by atoms with Gasteiger partial charge in [-0.15, -0.1) is 0 Å². The Balaban J connectivity index is 1.72. The lowest BCUT2D eigenvalue weighted by atomic mass is 9.99. The van der Waals surface area contributed by atoms with Gasteiger partial charge in [-0.3, -0.25) is 9.69 Å². The van der Waals surface area contributed by atoms with Crippen LogP contribution in [0.1, 0.15) is 46.5 Å². The average Bonchev–Trinajstić information content (AvgIpc) is 2.79. The Labute approximate surface area is 117 Å². The Bertz CT molecular complexity index is 306. The van der Waals surface area contributed by atoms with Gasteiger partial charge in [0.25, 0.3) is 0 Å². The van der Waals surface area contributed by atoms with E-state index in [9.17, 15) is 4.79 Å². The third kappa shape index (κ3) is 3.93. The molecule has 3 unspecified atom stereocenters. The van der Waals surface area contributed by atoms with Crippen LogP contribution in [0, 0.1) is 5.92 Å². The second-order valence-corrected chi connectivity index (χ2v) is 6.48. The molecule has 2 fully saturated rings. The third-order valence-corrected chi connectivity index (χ3v) is 4.77. The number of carbonyl (C=O) groups is 1. The van der Waals surface area contributed by atoms with Gasteiger partial charge in [0.15, 0.2) is 0 Å². The van der Waals surface area contributed by atoms with Crippen LogP contribution in [-0.2, 0) is 4.79 Å². The number of rotatable bonds is 5. The van der Waals surface area contributed by atoms with E-state index in [1.54, 1.807) is 0 Å². The first-order valence-corrected chi connectivity index (χ1v) is 7.84. The molecule has 0 radical (unpaired) electrons. The molecule has 0 aromatic rings. The van der Waals surface area contributed by atoms with Crippen LogP contribution >= 0.6 is 0 Å². The van der Waals surface area contributed by atoms with E-state index in [2.05, 4.69) is 36.3 Å². The molecule has 1 amide bonds. The standard InChI is InChI=1S/C15H29N3O/c1-11(2)12(3)17-15(19)10-16-13-7-9-18-8-5-4-6-14(13)18/h11-14,16H,4-10H2,1-3H3,(H,17,19). The quantitative estimate of drug-likeness (QED) is 0.790. The predicted molar refractivity (Wildman–Crippen MR) is 78.1 cm³/mol. The molecule has 2 aliphatic heterocycles. The number of hydrogen-bond acceptors (Lipinski definition) is 3. The van der Waals surface area contributed by atoms with Gasteiger partial charge in [0.2, 0.25) is 5.91 Å². The third-order valence-electron chi connectivity index (χ3n) is 4.77. The van der Waals surface area contributed by atoms with Crippen molar-refractivity contribution in [1.29, 1.82) is 0 Å². The van der Waals surface area contributed by atoms with Crippen molar-refractivity contribution in [2.24, 2.45) is 5.92 Å². The van der Waals surface area contributed by atoms with Gasteiger partial charge < -0.3 is 10.6 Å². The summed E-state index contributed by atoms with van der Waals surface area (Å²) < 4.78 is 0. The molecule has 2 heterocycles. The molecular formula is C15H29N3O. The Kier molecular flexibility index (Phi) is 5.22. The van der Waals surface area contributed by atoms with Gasteiger partial charge in [-0.25, -0.2) is 0 Å². The Morgan fingerprint density at radius 3 is 2.74 bits per heavy atom. The van der Waals surface area contributed by atoms with Crippen molar-refractivity contribution < 1.29 is 4.79 Å². The molecule has 0 spiro atoms. The molecule has 0 aromatic carbocycles. The summed E-state index contributed by atoms with van der Waals surface area (Å²) in [5.41, 5.74) is 0. The molecule has 2 N–H and O–H groups in total. The van der Waals surface area contributed by atoms with E-state index in [1.165, 1.54) is 38.8 Å². The molecule has 110 valence electrons. The summed E-state index contributed by atoms with van der Waals surface area (Å²) in [5, 5.41) is 6.53. The summed E-state index contributed by atoms with van der Waals surface area (Å²) in [6.45, 7) is 9.25. The first kappa shape index (κ1) is 14.8. The van der Waals surface area contributed by atoms with Crippen molar-refractivity contribution in [3.8, 4) is 0 Å². The Hall–Kier alpha value is -0.610. The molecule has 0 aromatic heterocycles. The van der Waals surface area contributed by atoms with E-state index in [0.29, 0.717) is 24.5 Å². The zero-order valence-corrected chi connectivity index (χ0v) is 12.6. The summed E-state index contributed by atoms with van der Waals surface area (Å²) in [6.07, 6.45) is 5.17. The zero-order valence-electron chi connectivity index (χ0n) is 12.6. The fourth-order valence-corrected chi connectivity index (χ4v) is 3.18. The van der Waals surface area contributed by atoms with E-state index in [0.717, 1.165) is 0 Å². The fourth-order valence-electron chi connectivity index (χ4n) is 3.18. The minimum Gasteiger partial charge on any atom is -0.352 e. The van der Waals surface area contributed by atoms with E-state index in [4.69, 9.17) is 0 Å². The first-order chi connectivity index (χ1) is 9.08. The SMILES string of the molecule is CC(C)C(C)NC(=O)CNC1CCN2CCCCC12. The molecule has 0 saturated carbocycles. The fraction of sp³-hybridized carbons (Fsp3) is 0.933. The number of nitrogens with zero attached hydrogens (tertiary/aromatic N) is 1. The van der Waals surface area contributed by atoms with Crippen LogP contribution in [0.2, 0.25) is 0 Å². The number of piperidine rings is 1. The lowest BCUT2D eigenvalue weighted by Crippen LogP contribution is -2.48. The second kappa shape index (κ2) is 6.71. The maximum absolute atomic E-state index is 11.9. The summed E-state index contributed by atoms with van der Waals surface area (Å²) in [7, 11) is 0. The molecule has 2 saturated heterocycles. The smallest absolute Gasteiger partial charge is 0.234 e. The van der Waals surface area contributed by atoms with Crippen LogP contribution < -0.4 is 10.6 Å². The minimum absolute atomic E-state index is 0.135. The van der Waals surface area contributed by atoms with Crippen LogP contribution in [0.25, 0.3) is 0 Å². The molecule has 3 atom stereocenters. The number of nitrogens with one attached hydrogen (secondary N) is 2. The molecule has 4 nitrogen and oxygen atoms in total. The van der Waals surface area contributed by atoms with Gasteiger partial charge in [-0.1, -0.05) is 20.3 Å². The van der Waals surface area contributed by atoms with Crippen LogP contribution in [0.3, 0.4) is 0 Å². The number of hydrogen-bond donors (Lipinski definition) is 2. The number of carbonyl (C=O) groups excluding carboxylic acids is 1. The van der Waals surface area contributed by atoms with Gasteiger partial charge in [0, 0.05) is 24.7 Å². The highest BCUT2D eigenvalue weighted by molar-refractivity contribution is 5.78. The van der Waals surface area contributed by atoms with E-state index in [-0.39, 0.29) is 11.9 Å². The lowest BCUT2D eigenvalue weighted by molar-refractivity contribution is -0.121. The van der Waals surface area contributed by atoms with Crippen molar-refractivity contribution in [2.45, 2.75) is 64.6 Å². The molecule has 0 aliphatic carbocycles. The van der Waals surface area contributed by atoms with Crippen molar-refractivity contribution in [3.05, 3.63) is 0 Å². The van der Waals surface area contributed by atoms with Gasteiger partial charge in [-0.2, -0.15) is 0 Å². The first-order valence-electron chi connectivity index (χ1n) is 7.84. The highest BCUT2D eigenvalue weighted by Gasteiger charge is 2.35. The van der Waals surface area contributed by atoms with Crippen LogP contribution in [0.4, 0.5) is 0 Å². The zero-order chi connectivity index (χ0) is 13.8. The number of fused-ring (bicyclic) bond motifs is 1. The Morgan fingerprint density at radius 1 is 1.21 bits per heavy atom. The van der Waals surface area contributed by atoms with Gasteiger partial charge >= 0.3 is 0 Å². The van der Waals surface area contributed by atoms with Crippen molar-refractivity contribution >= 4 is 5.91 Å².